The molecule has 0 radical (unpaired) electrons. The number of carbonyl (C=O) groups excluding carboxylic acids is 3. The van der Waals surface area contributed by atoms with Crippen molar-refractivity contribution in [3.63, 3.8) is 0 Å². The number of amides is 3. The maximum atomic E-state index is 13.4. The van der Waals surface area contributed by atoms with Crippen LogP contribution in [0.1, 0.15) is 51.6 Å². The smallest absolute Gasteiger partial charge is 0.297 e. The zero-order valence-corrected chi connectivity index (χ0v) is 19.3. The zero-order valence-electron chi connectivity index (χ0n) is 19.3. The molecule has 0 bridgehead atoms. The summed E-state index contributed by atoms with van der Waals surface area (Å²) in [4.78, 5) is 46.0. The molecule has 1 fully saturated rings. The van der Waals surface area contributed by atoms with Crippen molar-refractivity contribution in [2.24, 2.45) is 10.4 Å². The quantitative estimate of drug-likeness (QED) is 0.703. The first-order chi connectivity index (χ1) is 13.8. The normalized spacial score (nSPS) is 19.8. The summed E-state index contributed by atoms with van der Waals surface area (Å²) >= 11 is 0. The van der Waals surface area contributed by atoms with Crippen molar-refractivity contribution in [1.82, 2.24) is 19.6 Å². The van der Waals surface area contributed by atoms with Crippen LogP contribution >= 0.6 is 0 Å². The fourth-order valence-corrected chi connectivity index (χ4v) is 3.60. The molecule has 1 atom stereocenters. The van der Waals surface area contributed by atoms with E-state index in [2.05, 4.69) is 10.1 Å². The molecule has 1 aromatic rings. The molecule has 0 N–H and O–H groups in total. The molecular formula is C21H31N6O3+. The molecule has 2 aliphatic rings. The van der Waals surface area contributed by atoms with Crippen LogP contribution in [0.15, 0.2) is 4.99 Å². The maximum Gasteiger partial charge on any atom is 0.421 e. The minimum absolute atomic E-state index is 0.0822. The first-order valence-electron chi connectivity index (χ1n) is 10.2. The van der Waals surface area contributed by atoms with Crippen molar-refractivity contribution < 1.29 is 19.0 Å². The van der Waals surface area contributed by atoms with Crippen LogP contribution in [0.3, 0.4) is 0 Å². The Morgan fingerprint density at radius 1 is 1.17 bits per heavy atom. The van der Waals surface area contributed by atoms with E-state index in [-0.39, 0.29) is 18.4 Å². The second-order valence-corrected chi connectivity index (χ2v) is 9.32. The van der Waals surface area contributed by atoms with Crippen molar-refractivity contribution in [3.05, 3.63) is 17.0 Å². The molecule has 0 aliphatic carbocycles. The number of rotatable bonds is 3. The molecule has 0 saturated carbocycles. The van der Waals surface area contributed by atoms with E-state index in [1.165, 1.54) is 4.90 Å². The Morgan fingerprint density at radius 3 is 2.23 bits per heavy atom. The number of aromatic nitrogens is 2. The number of hydrogen-bond donors (Lipinski definition) is 0. The number of Topliss-reactive ketones (excluding diaryl/α,β-unsaturated/α-hetero) is 1. The molecule has 1 saturated heterocycles. The average molecular weight is 416 g/mol. The predicted octanol–water partition coefficient (Wildman–Crippen LogP) is 1.72. The van der Waals surface area contributed by atoms with Gasteiger partial charge >= 0.3 is 12.0 Å². The Bertz CT molecular complexity index is 1010. The molecule has 0 aromatic carbocycles. The lowest BCUT2D eigenvalue weighted by Gasteiger charge is -2.35. The summed E-state index contributed by atoms with van der Waals surface area (Å²) in [7, 11) is 1.59. The number of fused-ring (bicyclic) bond motifs is 1. The van der Waals surface area contributed by atoms with Gasteiger partial charge < -0.3 is 0 Å². The van der Waals surface area contributed by atoms with Crippen LogP contribution in [0.4, 0.5) is 4.79 Å². The molecule has 1 aromatic heterocycles. The second kappa shape index (κ2) is 7.14. The summed E-state index contributed by atoms with van der Waals surface area (Å²) in [6.45, 7) is 14.9. The molecule has 30 heavy (non-hydrogen) atoms. The van der Waals surface area contributed by atoms with Gasteiger partial charge in [-0.25, -0.2) is 9.37 Å². The van der Waals surface area contributed by atoms with Gasteiger partial charge in [0.1, 0.15) is 5.69 Å². The second-order valence-electron chi connectivity index (χ2n) is 9.32. The van der Waals surface area contributed by atoms with Crippen molar-refractivity contribution in [2.45, 2.75) is 67.5 Å². The molecule has 0 spiro atoms. The Labute approximate surface area is 177 Å². The maximum absolute atomic E-state index is 13.4. The summed E-state index contributed by atoms with van der Waals surface area (Å²) in [5.74, 6) is 0.260. The highest BCUT2D eigenvalue weighted by atomic mass is 16.2. The van der Waals surface area contributed by atoms with Gasteiger partial charge in [-0.3, -0.25) is 19.4 Å². The first-order valence-corrected chi connectivity index (χ1v) is 10.2. The zero-order chi connectivity index (χ0) is 22.7. The van der Waals surface area contributed by atoms with Crippen molar-refractivity contribution >= 4 is 29.5 Å². The molecule has 9 heteroatoms. The van der Waals surface area contributed by atoms with Gasteiger partial charge in [-0.1, -0.05) is 25.8 Å². The van der Waals surface area contributed by atoms with Crippen molar-refractivity contribution in [2.75, 3.05) is 13.6 Å². The topological polar surface area (TPSA) is 90.9 Å². The van der Waals surface area contributed by atoms with E-state index in [0.29, 0.717) is 11.8 Å². The molecule has 1 unspecified atom stereocenters. The number of imide groups is 1. The van der Waals surface area contributed by atoms with Gasteiger partial charge in [0.2, 0.25) is 11.9 Å². The average Bonchev–Trinajstić information content (AvgIpc) is 3.16. The predicted molar refractivity (Wildman–Crippen MR) is 113 cm³/mol. The highest BCUT2D eigenvalue weighted by Crippen LogP contribution is 2.25. The van der Waals surface area contributed by atoms with Crippen molar-refractivity contribution in [3.8, 4) is 0 Å². The summed E-state index contributed by atoms with van der Waals surface area (Å²) in [5, 5.41) is 4.60. The molecule has 3 heterocycles. The highest BCUT2D eigenvalue weighted by molar-refractivity contribution is 6.23. The SMILES string of the molecule is Cc1nn(C2=[N+](C(C)C)C3C(=O)N(CC(=O)C(C)(C)C)C(=O)N(C)C3=N2)c(C)c1C. The third-order valence-electron chi connectivity index (χ3n) is 5.87. The van der Waals surface area contributed by atoms with Crippen LogP contribution in [0, 0.1) is 26.2 Å². The van der Waals surface area contributed by atoms with Gasteiger partial charge in [-0.2, -0.15) is 0 Å². The van der Waals surface area contributed by atoms with Gasteiger partial charge in [0.25, 0.3) is 5.91 Å². The largest absolute Gasteiger partial charge is 0.421 e. The van der Waals surface area contributed by atoms with E-state index >= 15 is 0 Å². The number of urea groups is 1. The molecule has 2 aliphatic heterocycles. The molecule has 9 nitrogen and oxygen atoms in total. The summed E-state index contributed by atoms with van der Waals surface area (Å²) in [5.41, 5.74) is 2.21. The Kier molecular flexibility index (Phi) is 5.20. The number of carbonyl (C=O) groups is 3. The number of aryl methyl sites for hydroxylation is 1. The lowest BCUT2D eigenvalue weighted by Crippen LogP contribution is -2.64. The summed E-state index contributed by atoms with van der Waals surface area (Å²) < 4.78 is 3.60. The standard InChI is InChI=1S/C21H31N6O3/c1-11(2)26-16-17(22-19(26)27-14(5)12(3)13(4)23-27)24(9)20(30)25(18(16)29)10-15(28)21(6,7)8/h11,16H,10H2,1-9H3/q+1. The van der Waals surface area contributed by atoms with E-state index in [0.717, 1.165) is 21.9 Å². The third-order valence-corrected chi connectivity index (χ3v) is 5.87. The van der Waals surface area contributed by atoms with Crippen LogP contribution < -0.4 is 0 Å². The number of nitrogens with zero attached hydrogens (tertiary/aromatic N) is 6. The number of amidine groups is 1. The minimum Gasteiger partial charge on any atom is -0.297 e. The van der Waals surface area contributed by atoms with E-state index in [1.807, 2.05) is 39.2 Å². The van der Waals surface area contributed by atoms with E-state index in [1.54, 1.807) is 32.5 Å². The van der Waals surface area contributed by atoms with Gasteiger partial charge in [0, 0.05) is 18.0 Å². The molecule has 3 amide bonds. The fourth-order valence-electron chi connectivity index (χ4n) is 3.60. The lowest BCUT2D eigenvalue weighted by molar-refractivity contribution is -0.567. The number of aliphatic imine (C=N–C) groups is 1. The number of hydrogen-bond acceptors (Lipinski definition) is 5. The Balaban J connectivity index is 2.12. The highest BCUT2D eigenvalue weighted by Gasteiger charge is 2.54. The summed E-state index contributed by atoms with van der Waals surface area (Å²) in [6.07, 6.45) is 0. The number of ketones is 1. The van der Waals surface area contributed by atoms with Gasteiger partial charge in [0.05, 0.1) is 18.3 Å². The molecule has 162 valence electrons. The van der Waals surface area contributed by atoms with E-state index in [9.17, 15) is 14.4 Å². The third kappa shape index (κ3) is 3.26. The number of likely N-dealkylation sites (N-methyl/N-ethyl adjacent to an activating group) is 1. The summed E-state index contributed by atoms with van der Waals surface area (Å²) in [6, 6.07) is -1.40. The van der Waals surface area contributed by atoms with Crippen LogP contribution in [0.5, 0.6) is 0 Å². The Morgan fingerprint density at radius 2 is 1.77 bits per heavy atom. The van der Waals surface area contributed by atoms with E-state index < -0.39 is 23.4 Å². The van der Waals surface area contributed by atoms with Crippen LogP contribution in [-0.2, 0) is 9.59 Å². The van der Waals surface area contributed by atoms with Crippen LogP contribution in [0.25, 0.3) is 0 Å². The van der Waals surface area contributed by atoms with Gasteiger partial charge in [-0.15, -0.1) is 9.78 Å². The lowest BCUT2D eigenvalue weighted by atomic mass is 9.90. The molecular weight excluding hydrogens is 384 g/mol. The monoisotopic (exact) mass is 415 g/mol. The minimum atomic E-state index is -0.778. The van der Waals surface area contributed by atoms with Crippen molar-refractivity contribution in [1.29, 1.82) is 0 Å². The van der Waals surface area contributed by atoms with Crippen LogP contribution in [0.2, 0.25) is 0 Å². The van der Waals surface area contributed by atoms with Gasteiger partial charge in [-0.05, 0) is 34.6 Å². The first kappa shape index (κ1) is 21.9. The fraction of sp³-hybridized carbons (Fsp3) is 0.619. The van der Waals surface area contributed by atoms with Gasteiger partial charge in [0.15, 0.2) is 5.78 Å². The molecule has 3 rings (SSSR count). The van der Waals surface area contributed by atoms with Crippen LogP contribution in [-0.4, -0.2) is 79.3 Å². The Hall–Kier alpha value is -2.84. The van der Waals surface area contributed by atoms with E-state index in [4.69, 9.17) is 0 Å².